The number of pyridine rings is 1. The second-order valence-corrected chi connectivity index (χ2v) is 9.42. The maximum absolute atomic E-state index is 14.8. The molecule has 5 rings (SSSR count). The van der Waals surface area contributed by atoms with Crippen LogP contribution in [0.5, 0.6) is 0 Å². The molecule has 194 valence electrons. The van der Waals surface area contributed by atoms with Gasteiger partial charge >= 0.3 is 6.18 Å². The molecule has 0 spiro atoms. The molecule has 3 aromatic carbocycles. The van der Waals surface area contributed by atoms with E-state index >= 15 is 0 Å². The predicted octanol–water partition coefficient (Wildman–Crippen LogP) is 7.82. The van der Waals surface area contributed by atoms with Gasteiger partial charge in [-0.1, -0.05) is 41.9 Å². The largest absolute Gasteiger partial charge is 0.416 e. The summed E-state index contributed by atoms with van der Waals surface area (Å²) in [6, 6.07) is 17.1. The van der Waals surface area contributed by atoms with Crippen LogP contribution < -0.4 is 5.32 Å². The topological polar surface area (TPSA) is 53.6 Å². The summed E-state index contributed by atoms with van der Waals surface area (Å²) >= 11 is 6.08. The zero-order valence-corrected chi connectivity index (χ0v) is 20.6. The van der Waals surface area contributed by atoms with Crippen LogP contribution in [-0.2, 0) is 18.1 Å². The number of aryl methyl sites for hydroxylation is 1. The summed E-state index contributed by atoms with van der Waals surface area (Å²) in [6.45, 7) is 1.69. The number of halogens is 6. The lowest BCUT2D eigenvalue weighted by atomic mass is 9.80. The SMILES string of the molecule is Cc1cc(F)cc2[nH]c(N[C@](Cc3ccccc3)(c3cc(F)cc(C(F)(F)F)c3)c3ccc(Cl)cn3)nc12. The van der Waals surface area contributed by atoms with Crippen molar-refractivity contribution >= 4 is 28.6 Å². The van der Waals surface area contributed by atoms with E-state index in [9.17, 15) is 22.0 Å². The van der Waals surface area contributed by atoms with Crippen molar-refractivity contribution in [2.45, 2.75) is 25.1 Å². The van der Waals surface area contributed by atoms with Crippen molar-refractivity contribution in [3.8, 4) is 0 Å². The van der Waals surface area contributed by atoms with Crippen molar-refractivity contribution in [2.24, 2.45) is 0 Å². The van der Waals surface area contributed by atoms with Crippen molar-refractivity contribution in [1.29, 1.82) is 0 Å². The van der Waals surface area contributed by atoms with Gasteiger partial charge in [0.2, 0.25) is 5.95 Å². The first-order chi connectivity index (χ1) is 18.0. The van der Waals surface area contributed by atoms with E-state index in [1.807, 2.05) is 0 Å². The van der Waals surface area contributed by atoms with Gasteiger partial charge in [0.1, 0.15) is 17.2 Å². The highest BCUT2D eigenvalue weighted by Gasteiger charge is 2.40. The van der Waals surface area contributed by atoms with Crippen LogP contribution in [0.15, 0.2) is 79.0 Å². The molecule has 0 unspecified atom stereocenters. The van der Waals surface area contributed by atoms with Gasteiger partial charge in [-0.2, -0.15) is 13.2 Å². The maximum Gasteiger partial charge on any atom is 0.416 e. The Morgan fingerprint density at radius 3 is 2.29 bits per heavy atom. The van der Waals surface area contributed by atoms with Crippen molar-refractivity contribution in [1.82, 2.24) is 15.0 Å². The molecule has 2 aromatic heterocycles. The molecule has 10 heteroatoms. The number of H-pyrrole nitrogens is 1. The number of nitrogens with zero attached hydrogens (tertiary/aromatic N) is 2. The highest BCUT2D eigenvalue weighted by molar-refractivity contribution is 6.30. The Labute approximate surface area is 219 Å². The van der Waals surface area contributed by atoms with Crippen LogP contribution in [0.4, 0.5) is 27.9 Å². The van der Waals surface area contributed by atoms with Gasteiger partial charge in [0.25, 0.3) is 0 Å². The normalized spacial score (nSPS) is 13.4. The van der Waals surface area contributed by atoms with Gasteiger partial charge in [-0.3, -0.25) is 4.98 Å². The number of fused-ring (bicyclic) bond motifs is 1. The Bertz CT molecular complexity index is 1600. The van der Waals surface area contributed by atoms with Crippen LogP contribution in [0, 0.1) is 18.6 Å². The molecular weight excluding hydrogens is 523 g/mol. The van der Waals surface area contributed by atoms with Crippen LogP contribution in [-0.4, -0.2) is 15.0 Å². The lowest BCUT2D eigenvalue weighted by Crippen LogP contribution is -2.40. The summed E-state index contributed by atoms with van der Waals surface area (Å²) in [5.41, 5.74) is -0.308. The van der Waals surface area contributed by atoms with Crippen LogP contribution >= 0.6 is 11.6 Å². The highest BCUT2D eigenvalue weighted by atomic mass is 35.5. The molecular formula is C28H20ClF5N4. The molecule has 0 saturated heterocycles. The minimum atomic E-state index is -4.79. The van der Waals surface area contributed by atoms with Gasteiger partial charge < -0.3 is 10.3 Å². The fourth-order valence-electron chi connectivity index (χ4n) is 4.56. The van der Waals surface area contributed by atoms with Gasteiger partial charge in [-0.05, 0) is 66.1 Å². The fourth-order valence-corrected chi connectivity index (χ4v) is 4.67. The second kappa shape index (κ2) is 9.72. The van der Waals surface area contributed by atoms with E-state index in [-0.39, 0.29) is 23.6 Å². The summed E-state index contributed by atoms with van der Waals surface area (Å²) in [5, 5.41) is 3.52. The summed E-state index contributed by atoms with van der Waals surface area (Å²) < 4.78 is 70.2. The zero-order chi connectivity index (χ0) is 27.1. The minimum Gasteiger partial charge on any atom is -0.340 e. The summed E-state index contributed by atoms with van der Waals surface area (Å²) in [4.78, 5) is 12.0. The summed E-state index contributed by atoms with van der Waals surface area (Å²) in [5.74, 6) is -1.40. The number of aromatic amines is 1. The molecule has 0 aliphatic carbocycles. The van der Waals surface area contributed by atoms with E-state index in [1.165, 1.54) is 18.3 Å². The second-order valence-electron chi connectivity index (χ2n) is 8.98. The van der Waals surface area contributed by atoms with Crippen LogP contribution in [0.1, 0.15) is 27.9 Å². The Balaban J connectivity index is 1.79. The fraction of sp³-hybridized carbons (Fsp3) is 0.143. The molecule has 38 heavy (non-hydrogen) atoms. The molecule has 0 aliphatic heterocycles. The average Bonchev–Trinajstić information content (AvgIpc) is 3.26. The van der Waals surface area contributed by atoms with Crippen molar-refractivity contribution in [3.63, 3.8) is 0 Å². The molecule has 0 saturated carbocycles. The number of aromatic nitrogens is 3. The molecule has 0 fully saturated rings. The monoisotopic (exact) mass is 542 g/mol. The van der Waals surface area contributed by atoms with Crippen molar-refractivity contribution in [2.75, 3.05) is 5.32 Å². The number of benzene rings is 3. The highest BCUT2D eigenvalue weighted by Crippen LogP contribution is 2.40. The Morgan fingerprint density at radius 2 is 1.61 bits per heavy atom. The Morgan fingerprint density at radius 1 is 0.895 bits per heavy atom. The van der Waals surface area contributed by atoms with E-state index in [1.54, 1.807) is 49.4 Å². The number of hydrogen-bond acceptors (Lipinski definition) is 3. The van der Waals surface area contributed by atoms with Crippen molar-refractivity contribution < 1.29 is 22.0 Å². The van der Waals surface area contributed by atoms with Gasteiger partial charge in [0.15, 0.2) is 0 Å². The molecule has 1 atom stereocenters. The number of alkyl halides is 3. The predicted molar refractivity (Wildman–Crippen MR) is 136 cm³/mol. The van der Waals surface area contributed by atoms with E-state index in [0.717, 1.165) is 17.7 Å². The third kappa shape index (κ3) is 5.06. The zero-order valence-electron chi connectivity index (χ0n) is 19.9. The summed E-state index contributed by atoms with van der Waals surface area (Å²) in [7, 11) is 0. The quantitative estimate of drug-likeness (QED) is 0.215. The third-order valence-electron chi connectivity index (χ3n) is 6.27. The molecule has 2 heterocycles. The number of anilines is 1. The van der Waals surface area contributed by atoms with Crippen LogP contribution in [0.25, 0.3) is 11.0 Å². The van der Waals surface area contributed by atoms with Crippen LogP contribution in [0.3, 0.4) is 0 Å². The summed E-state index contributed by atoms with van der Waals surface area (Å²) in [6.07, 6.45) is -3.37. The standard InChI is InChI=1S/C28H20ClF5N4/c1-16-9-21(30)13-23-25(16)37-26(36-23)38-27(14-17-5-3-2-4-6-17,24-8-7-20(29)15-35-24)18-10-19(28(32,33)34)12-22(31)11-18/h2-13,15H,14H2,1H3,(H2,36,37,38)/t27-/m1/s1. The minimum absolute atomic E-state index is 0.0353. The molecule has 0 radical (unpaired) electrons. The third-order valence-corrected chi connectivity index (χ3v) is 6.49. The maximum atomic E-state index is 14.8. The Kier molecular flexibility index (Phi) is 6.56. The van der Waals surface area contributed by atoms with Gasteiger partial charge in [0, 0.05) is 12.6 Å². The first-order valence-corrected chi connectivity index (χ1v) is 11.9. The first-order valence-electron chi connectivity index (χ1n) is 11.5. The van der Waals surface area contributed by atoms with E-state index in [4.69, 9.17) is 11.6 Å². The van der Waals surface area contributed by atoms with E-state index in [2.05, 4.69) is 20.3 Å². The number of rotatable bonds is 6. The van der Waals surface area contributed by atoms with Crippen LogP contribution in [0.2, 0.25) is 5.02 Å². The van der Waals surface area contributed by atoms with E-state index in [0.29, 0.717) is 27.7 Å². The molecule has 0 amide bonds. The van der Waals surface area contributed by atoms with Gasteiger partial charge in [-0.15, -0.1) is 0 Å². The Hall–Kier alpha value is -3.98. The smallest absolute Gasteiger partial charge is 0.340 e. The van der Waals surface area contributed by atoms with Crippen molar-refractivity contribution in [3.05, 3.63) is 124 Å². The lowest BCUT2D eigenvalue weighted by molar-refractivity contribution is -0.137. The number of nitrogens with one attached hydrogen (secondary N) is 2. The first kappa shape index (κ1) is 25.7. The number of hydrogen-bond donors (Lipinski definition) is 2. The van der Waals surface area contributed by atoms with E-state index < -0.39 is 28.9 Å². The lowest BCUT2D eigenvalue weighted by Gasteiger charge is -2.36. The molecule has 0 bridgehead atoms. The molecule has 5 aromatic rings. The van der Waals surface area contributed by atoms with Gasteiger partial charge in [0.05, 0.1) is 27.3 Å². The van der Waals surface area contributed by atoms with Gasteiger partial charge in [-0.25, -0.2) is 13.8 Å². The molecule has 4 nitrogen and oxygen atoms in total. The molecule has 2 N–H and O–H groups in total. The molecule has 0 aliphatic rings. The average molecular weight is 543 g/mol. The number of imidazole rings is 1.